The Morgan fingerprint density at radius 3 is 3.00 bits per heavy atom. The smallest absolute Gasteiger partial charge is 0.188 e. The van der Waals surface area contributed by atoms with Gasteiger partial charge in [-0.1, -0.05) is 5.16 Å². The third kappa shape index (κ3) is 0.883. The zero-order valence-electron chi connectivity index (χ0n) is 5.41. The Kier molecular flexibility index (Phi) is 1.32. The van der Waals surface area contributed by atoms with Gasteiger partial charge < -0.3 is 10.3 Å². The van der Waals surface area contributed by atoms with E-state index in [0.717, 1.165) is 9.86 Å². The van der Waals surface area contributed by atoms with Crippen molar-refractivity contribution < 1.29 is 4.52 Å². The minimum Gasteiger partial charge on any atom is -0.380 e. The topological polar surface area (TPSA) is 64.9 Å². The van der Waals surface area contributed by atoms with Crippen LogP contribution >= 0.6 is 15.9 Å². The number of nitrogen functional groups attached to an aromatic ring is 1. The van der Waals surface area contributed by atoms with Crippen molar-refractivity contribution in [2.75, 3.05) is 5.73 Å². The summed E-state index contributed by atoms with van der Waals surface area (Å²) in [7, 11) is 0. The van der Waals surface area contributed by atoms with Crippen LogP contribution in [0.15, 0.2) is 21.4 Å². The molecule has 0 saturated heterocycles. The van der Waals surface area contributed by atoms with E-state index in [2.05, 4.69) is 26.1 Å². The summed E-state index contributed by atoms with van der Waals surface area (Å²) in [5.74, 6) is 0.384. The van der Waals surface area contributed by atoms with E-state index in [9.17, 15) is 0 Å². The third-order valence-corrected chi connectivity index (χ3v) is 1.96. The van der Waals surface area contributed by atoms with Gasteiger partial charge in [-0.2, -0.15) is 0 Å². The number of rotatable bonds is 0. The van der Waals surface area contributed by atoms with Gasteiger partial charge in [-0.3, -0.25) is 4.98 Å². The Morgan fingerprint density at radius 1 is 1.45 bits per heavy atom. The van der Waals surface area contributed by atoms with Crippen LogP contribution in [-0.4, -0.2) is 10.1 Å². The van der Waals surface area contributed by atoms with Gasteiger partial charge in [0.2, 0.25) is 0 Å². The van der Waals surface area contributed by atoms with Crippen molar-refractivity contribution in [3.63, 3.8) is 0 Å². The number of fused-ring (bicyclic) bond motifs is 1. The van der Waals surface area contributed by atoms with Crippen LogP contribution in [0, 0.1) is 0 Å². The van der Waals surface area contributed by atoms with Crippen molar-refractivity contribution in [1.82, 2.24) is 10.1 Å². The highest BCUT2D eigenvalue weighted by molar-refractivity contribution is 9.10. The highest BCUT2D eigenvalue weighted by atomic mass is 79.9. The molecule has 0 bridgehead atoms. The highest BCUT2D eigenvalue weighted by Crippen LogP contribution is 2.26. The summed E-state index contributed by atoms with van der Waals surface area (Å²) in [4.78, 5) is 3.89. The fraction of sp³-hybridized carbons (Fsp3) is 0. The molecule has 0 atom stereocenters. The molecule has 2 aromatic rings. The van der Waals surface area contributed by atoms with E-state index in [-0.39, 0.29) is 0 Å². The quantitative estimate of drug-likeness (QED) is 0.722. The summed E-state index contributed by atoms with van der Waals surface area (Å²) in [6.45, 7) is 0. The van der Waals surface area contributed by atoms with Gasteiger partial charge >= 0.3 is 0 Å². The monoisotopic (exact) mass is 213 g/mol. The Bertz CT molecular complexity index is 398. The number of hydrogen-bond donors (Lipinski definition) is 1. The lowest BCUT2D eigenvalue weighted by atomic mass is 10.3. The first-order valence-electron chi connectivity index (χ1n) is 2.93. The summed E-state index contributed by atoms with van der Waals surface area (Å²) in [5.41, 5.74) is 6.11. The molecule has 2 heterocycles. The minimum atomic E-state index is 0.384. The van der Waals surface area contributed by atoms with Crippen LogP contribution in [-0.2, 0) is 0 Å². The predicted octanol–water partition coefficient (Wildman–Crippen LogP) is 1.57. The maximum Gasteiger partial charge on any atom is 0.188 e. The Labute approximate surface area is 70.5 Å². The molecule has 0 saturated carbocycles. The van der Waals surface area contributed by atoms with E-state index in [4.69, 9.17) is 10.3 Å². The van der Waals surface area contributed by atoms with E-state index < -0.39 is 0 Å². The van der Waals surface area contributed by atoms with Gasteiger partial charge in [-0.15, -0.1) is 0 Å². The number of pyridine rings is 1. The van der Waals surface area contributed by atoms with Crippen LogP contribution in [0.1, 0.15) is 0 Å². The van der Waals surface area contributed by atoms with Gasteiger partial charge in [0.15, 0.2) is 11.4 Å². The lowest BCUT2D eigenvalue weighted by molar-refractivity contribution is 0.459. The van der Waals surface area contributed by atoms with Crippen LogP contribution in [0.4, 0.5) is 5.82 Å². The second kappa shape index (κ2) is 2.20. The van der Waals surface area contributed by atoms with Gasteiger partial charge in [-0.25, -0.2) is 0 Å². The molecule has 56 valence electrons. The number of hydrogen-bond acceptors (Lipinski definition) is 4. The zero-order chi connectivity index (χ0) is 7.84. The summed E-state index contributed by atoms with van der Waals surface area (Å²) >= 11 is 3.28. The van der Waals surface area contributed by atoms with Crippen molar-refractivity contribution in [1.29, 1.82) is 0 Å². The van der Waals surface area contributed by atoms with Crippen LogP contribution in [0.2, 0.25) is 0 Å². The summed E-state index contributed by atoms with van der Waals surface area (Å²) in [6, 6.07) is 0. The standard InChI is InChI=1S/C6H4BrN3O/c7-3-1-9-2-4-5(3)6(8)10-11-4/h1-2H,(H2,8,10). The average molecular weight is 214 g/mol. The highest BCUT2D eigenvalue weighted by Gasteiger charge is 2.07. The van der Waals surface area contributed by atoms with Gasteiger partial charge in [0, 0.05) is 6.20 Å². The number of anilines is 1. The SMILES string of the molecule is Nc1noc2cncc(Br)c12. The molecular formula is C6H4BrN3O. The lowest BCUT2D eigenvalue weighted by Crippen LogP contribution is -1.84. The van der Waals surface area contributed by atoms with Crippen molar-refractivity contribution >= 4 is 32.7 Å². The van der Waals surface area contributed by atoms with Crippen LogP contribution in [0.25, 0.3) is 11.0 Å². The molecule has 0 unspecified atom stereocenters. The van der Waals surface area contributed by atoms with Gasteiger partial charge in [0.25, 0.3) is 0 Å². The fourth-order valence-electron chi connectivity index (χ4n) is 0.879. The number of halogens is 1. The van der Waals surface area contributed by atoms with Crippen molar-refractivity contribution in [3.8, 4) is 0 Å². The van der Waals surface area contributed by atoms with Crippen molar-refractivity contribution in [2.24, 2.45) is 0 Å². The first kappa shape index (κ1) is 6.60. The molecule has 2 rings (SSSR count). The molecule has 0 aliphatic rings. The minimum absolute atomic E-state index is 0.384. The summed E-state index contributed by atoms with van der Waals surface area (Å²) in [5, 5.41) is 4.37. The lowest BCUT2D eigenvalue weighted by Gasteiger charge is -1.88. The van der Waals surface area contributed by atoms with Crippen molar-refractivity contribution in [3.05, 3.63) is 16.9 Å². The van der Waals surface area contributed by atoms with E-state index in [1.807, 2.05) is 0 Å². The first-order valence-corrected chi connectivity index (χ1v) is 3.72. The van der Waals surface area contributed by atoms with Gasteiger partial charge in [-0.05, 0) is 15.9 Å². The summed E-state index contributed by atoms with van der Waals surface area (Å²) < 4.78 is 5.66. The van der Waals surface area contributed by atoms with Crippen LogP contribution in [0.3, 0.4) is 0 Å². The molecule has 0 spiro atoms. The molecule has 0 fully saturated rings. The molecular weight excluding hydrogens is 210 g/mol. The molecule has 4 nitrogen and oxygen atoms in total. The maximum absolute atomic E-state index is 5.51. The molecule has 11 heavy (non-hydrogen) atoms. The van der Waals surface area contributed by atoms with Gasteiger partial charge in [0.1, 0.15) is 0 Å². The molecule has 0 aliphatic carbocycles. The molecule has 2 aromatic heterocycles. The second-order valence-corrected chi connectivity index (χ2v) is 2.92. The molecule has 0 amide bonds. The molecule has 0 aliphatic heterocycles. The average Bonchev–Trinajstić information content (AvgIpc) is 2.34. The number of aromatic nitrogens is 2. The van der Waals surface area contributed by atoms with E-state index in [1.54, 1.807) is 12.4 Å². The Hall–Kier alpha value is -1.10. The summed E-state index contributed by atoms with van der Waals surface area (Å²) in [6.07, 6.45) is 3.22. The normalized spacial score (nSPS) is 10.6. The van der Waals surface area contributed by atoms with E-state index in [1.165, 1.54) is 0 Å². The molecule has 2 N–H and O–H groups in total. The van der Waals surface area contributed by atoms with E-state index >= 15 is 0 Å². The number of nitrogens with zero attached hydrogens (tertiary/aromatic N) is 2. The van der Waals surface area contributed by atoms with Crippen molar-refractivity contribution in [2.45, 2.75) is 0 Å². The first-order chi connectivity index (χ1) is 5.29. The Morgan fingerprint density at radius 2 is 2.27 bits per heavy atom. The second-order valence-electron chi connectivity index (χ2n) is 2.06. The Balaban J connectivity index is 2.96. The van der Waals surface area contributed by atoms with Crippen LogP contribution in [0.5, 0.6) is 0 Å². The van der Waals surface area contributed by atoms with Gasteiger partial charge in [0.05, 0.1) is 16.1 Å². The van der Waals surface area contributed by atoms with E-state index in [0.29, 0.717) is 11.4 Å². The molecule has 0 radical (unpaired) electrons. The number of nitrogens with two attached hydrogens (primary N) is 1. The maximum atomic E-state index is 5.51. The fourth-order valence-corrected chi connectivity index (χ4v) is 1.40. The predicted molar refractivity (Wildman–Crippen MR) is 43.9 cm³/mol. The molecule has 5 heteroatoms. The largest absolute Gasteiger partial charge is 0.380 e. The zero-order valence-corrected chi connectivity index (χ0v) is 7.00. The van der Waals surface area contributed by atoms with Crippen LogP contribution < -0.4 is 5.73 Å². The third-order valence-electron chi connectivity index (χ3n) is 1.36. The molecule has 0 aromatic carbocycles.